The van der Waals surface area contributed by atoms with Gasteiger partial charge in [0.1, 0.15) is 11.4 Å². The number of benzene rings is 2. The molecule has 0 aliphatic carbocycles. The summed E-state index contributed by atoms with van der Waals surface area (Å²) in [6.07, 6.45) is 1.04. The average Bonchev–Trinajstić information content (AvgIpc) is 3.15. The van der Waals surface area contributed by atoms with Gasteiger partial charge in [-0.05, 0) is 67.3 Å². The molecule has 7 nitrogen and oxygen atoms in total. The monoisotopic (exact) mass is 404 g/mol. The number of halogens is 1. The van der Waals surface area contributed by atoms with Gasteiger partial charge in [0.25, 0.3) is 0 Å². The molecule has 29 heavy (non-hydrogen) atoms. The Labute approximate surface area is 173 Å². The lowest BCUT2D eigenvalue weighted by Crippen LogP contribution is -2.28. The van der Waals surface area contributed by atoms with Crippen LogP contribution < -0.4 is 5.32 Å². The maximum Gasteiger partial charge on any atom is 0.414 e. The molecule has 3 rings (SSSR count). The third-order valence-electron chi connectivity index (χ3n) is 4.28. The van der Waals surface area contributed by atoms with Crippen molar-refractivity contribution in [1.82, 2.24) is 5.32 Å². The van der Waals surface area contributed by atoms with Gasteiger partial charge >= 0.3 is 11.9 Å². The van der Waals surface area contributed by atoms with Crippen LogP contribution in [0.5, 0.6) is 0 Å². The summed E-state index contributed by atoms with van der Waals surface area (Å²) in [7, 11) is 1.81. The zero-order chi connectivity index (χ0) is 24.9. The highest BCUT2D eigenvalue weighted by atomic mass is 19.1. The van der Waals surface area contributed by atoms with E-state index in [9.17, 15) is 4.39 Å². The van der Waals surface area contributed by atoms with E-state index in [0.717, 1.165) is 5.56 Å². The maximum absolute atomic E-state index is 14.0. The molecule has 8 heteroatoms. The topological polar surface area (TPSA) is 120 Å². The fraction of sp³-hybridized carbons (Fsp3) is 0.286. The first-order chi connectivity index (χ1) is 15.5. The van der Waals surface area contributed by atoms with Crippen LogP contribution in [0.15, 0.2) is 42.4 Å². The Bertz CT molecular complexity index is 1100. The van der Waals surface area contributed by atoms with Gasteiger partial charge in [-0.3, -0.25) is 0 Å². The maximum atomic E-state index is 14.0. The summed E-state index contributed by atoms with van der Waals surface area (Å²) in [6, 6.07) is 4.87. The summed E-state index contributed by atoms with van der Waals surface area (Å²) in [5.74, 6) is -4.82. The van der Waals surface area contributed by atoms with Crippen LogP contribution in [-0.2, 0) is 26.5 Å². The van der Waals surface area contributed by atoms with Gasteiger partial charge in [-0.2, -0.15) is 5.26 Å². The number of nitrogens with zero attached hydrogens (tertiary/aromatic N) is 1. The summed E-state index contributed by atoms with van der Waals surface area (Å²) in [5.41, 5.74) is 0.762. The molecule has 152 valence electrons. The van der Waals surface area contributed by atoms with Crippen molar-refractivity contribution in [3.63, 3.8) is 0 Å². The Kier molecular flexibility index (Phi) is 5.61. The number of carboxylic acids is 2. The molecular formula is C21H21FN2O5. The first-order valence-electron chi connectivity index (χ1n) is 10.6. The number of rotatable bonds is 5. The summed E-state index contributed by atoms with van der Waals surface area (Å²) in [4.78, 5) is 18.2. The molecule has 2 aromatic rings. The number of nitrogens with one attached hydrogen (secondary N) is 1. The Balaban J connectivity index is 0.000000569. The zero-order valence-corrected chi connectivity index (χ0v) is 15.5. The van der Waals surface area contributed by atoms with Gasteiger partial charge in [0.05, 0.1) is 23.7 Å². The van der Waals surface area contributed by atoms with Crippen LogP contribution in [-0.4, -0.2) is 35.7 Å². The molecular weight excluding hydrogens is 379 g/mol. The van der Waals surface area contributed by atoms with Crippen molar-refractivity contribution in [1.29, 1.82) is 5.26 Å². The Morgan fingerprint density at radius 1 is 1.31 bits per heavy atom. The molecule has 0 spiro atoms. The van der Waals surface area contributed by atoms with E-state index in [-0.39, 0.29) is 12.2 Å². The standard InChI is InChI=1S/C19H19FN2O.C2H2O4/c1-22-10-2-9-19(16-4-6-17(20)7-5-16)18-8-3-14(12-21)11-15(18)13-23-19;3-1(4)2(5)6/h3-8,11,22H,2,9-10,13H2,1H3;(H,3,4)(H,5,6)/i4D,5D,6D,7D;. The predicted octanol–water partition coefficient (Wildman–Crippen LogP) is 2.63. The first-order valence-corrected chi connectivity index (χ1v) is 8.56. The Hall–Kier alpha value is -3.28. The lowest BCUT2D eigenvalue weighted by atomic mass is 9.81. The van der Waals surface area contributed by atoms with Gasteiger partial charge in [-0.15, -0.1) is 0 Å². The van der Waals surface area contributed by atoms with E-state index in [1.54, 1.807) is 18.2 Å². The van der Waals surface area contributed by atoms with Crippen molar-refractivity contribution in [3.05, 3.63) is 70.4 Å². The second-order valence-corrected chi connectivity index (χ2v) is 6.11. The molecule has 1 atom stereocenters. The van der Waals surface area contributed by atoms with E-state index in [0.29, 0.717) is 30.5 Å². The van der Waals surface area contributed by atoms with Crippen LogP contribution in [0.2, 0.25) is 0 Å². The molecule has 2 aromatic carbocycles. The van der Waals surface area contributed by atoms with Crippen LogP contribution in [0.3, 0.4) is 0 Å². The molecule has 1 aliphatic heterocycles. The molecule has 0 saturated heterocycles. The van der Waals surface area contributed by atoms with Gasteiger partial charge < -0.3 is 20.3 Å². The summed E-state index contributed by atoms with van der Waals surface area (Å²) in [6.45, 7) is 0.849. The van der Waals surface area contributed by atoms with E-state index in [2.05, 4.69) is 11.4 Å². The van der Waals surface area contributed by atoms with Crippen molar-refractivity contribution in [2.24, 2.45) is 0 Å². The minimum absolute atomic E-state index is 0.0402. The molecule has 0 aromatic heterocycles. The Morgan fingerprint density at radius 2 is 1.97 bits per heavy atom. The van der Waals surface area contributed by atoms with Gasteiger partial charge in [-0.1, -0.05) is 18.2 Å². The van der Waals surface area contributed by atoms with Crippen molar-refractivity contribution in [3.8, 4) is 6.07 Å². The van der Waals surface area contributed by atoms with E-state index in [1.165, 1.54) is 0 Å². The van der Waals surface area contributed by atoms with E-state index < -0.39 is 47.5 Å². The summed E-state index contributed by atoms with van der Waals surface area (Å²) < 4.78 is 52.4. The van der Waals surface area contributed by atoms with Gasteiger partial charge in [-0.25, -0.2) is 14.0 Å². The van der Waals surface area contributed by atoms with Gasteiger partial charge in [0.15, 0.2) is 0 Å². The number of nitriles is 1. The highest BCUT2D eigenvalue weighted by Crippen LogP contribution is 2.45. The van der Waals surface area contributed by atoms with Gasteiger partial charge in [0.2, 0.25) is 0 Å². The second kappa shape index (κ2) is 9.78. The number of hydrogen-bond acceptors (Lipinski definition) is 5. The third-order valence-corrected chi connectivity index (χ3v) is 4.28. The van der Waals surface area contributed by atoms with Crippen LogP contribution in [0.4, 0.5) is 4.39 Å². The summed E-state index contributed by atoms with van der Waals surface area (Å²) >= 11 is 0. The molecule has 3 N–H and O–H groups in total. The van der Waals surface area contributed by atoms with Crippen molar-refractivity contribution in [2.45, 2.75) is 25.0 Å². The lowest BCUT2D eigenvalue weighted by molar-refractivity contribution is -0.159. The quantitative estimate of drug-likeness (QED) is 0.518. The molecule has 1 heterocycles. The second-order valence-electron chi connectivity index (χ2n) is 6.11. The molecule has 0 saturated carbocycles. The van der Waals surface area contributed by atoms with Crippen LogP contribution in [0.25, 0.3) is 0 Å². The van der Waals surface area contributed by atoms with Gasteiger partial charge in [0, 0.05) is 0 Å². The van der Waals surface area contributed by atoms with E-state index in [1.807, 2.05) is 7.05 Å². The number of ether oxygens (including phenoxy) is 1. The van der Waals surface area contributed by atoms with Crippen LogP contribution >= 0.6 is 0 Å². The van der Waals surface area contributed by atoms with Crippen molar-refractivity contribution >= 4 is 11.9 Å². The van der Waals surface area contributed by atoms with E-state index >= 15 is 0 Å². The molecule has 0 fully saturated rings. The zero-order valence-electron chi connectivity index (χ0n) is 19.5. The Morgan fingerprint density at radius 3 is 2.52 bits per heavy atom. The number of carbonyl (C=O) groups is 2. The minimum atomic E-state index is -1.82. The molecule has 0 radical (unpaired) electrons. The average molecular weight is 404 g/mol. The SMILES string of the molecule is O=C(O)C(=O)O.[2H]c1c([2H])c(C2(CCCNC)OCc3cc(C#N)ccc32)c([2H])c([2H])c1F. The van der Waals surface area contributed by atoms with Crippen molar-refractivity contribution < 1.29 is 34.4 Å². The molecule has 1 aliphatic rings. The molecule has 0 amide bonds. The largest absolute Gasteiger partial charge is 0.473 e. The molecule has 1 unspecified atom stereocenters. The third kappa shape index (κ3) is 5.16. The number of aliphatic carboxylic acids is 2. The predicted molar refractivity (Wildman–Crippen MR) is 102 cm³/mol. The smallest absolute Gasteiger partial charge is 0.414 e. The fourth-order valence-corrected chi connectivity index (χ4v) is 3.01. The highest BCUT2D eigenvalue weighted by Gasteiger charge is 2.41. The lowest BCUT2D eigenvalue weighted by Gasteiger charge is -2.30. The molecule has 0 bridgehead atoms. The fourth-order valence-electron chi connectivity index (χ4n) is 3.01. The number of fused-ring (bicyclic) bond motifs is 1. The highest BCUT2D eigenvalue weighted by molar-refractivity contribution is 6.27. The van der Waals surface area contributed by atoms with Crippen LogP contribution in [0.1, 0.15) is 40.6 Å². The van der Waals surface area contributed by atoms with E-state index in [4.69, 9.17) is 35.3 Å². The minimum Gasteiger partial charge on any atom is -0.473 e. The van der Waals surface area contributed by atoms with Crippen LogP contribution in [0, 0.1) is 17.1 Å². The summed E-state index contributed by atoms with van der Waals surface area (Å²) in [5, 5.41) is 27.0. The number of hydrogen-bond donors (Lipinski definition) is 3. The number of carboxylic acid groups (broad SMARTS) is 2. The normalized spacial score (nSPS) is 18.8. The van der Waals surface area contributed by atoms with Crippen molar-refractivity contribution in [2.75, 3.05) is 13.6 Å². The first kappa shape index (κ1) is 16.7.